The van der Waals surface area contributed by atoms with Crippen molar-refractivity contribution in [3.63, 3.8) is 0 Å². The van der Waals surface area contributed by atoms with Gasteiger partial charge in [0.05, 0.1) is 6.07 Å². The van der Waals surface area contributed by atoms with Crippen molar-refractivity contribution >= 4 is 5.57 Å². The maximum absolute atomic E-state index is 9.06. The molecule has 0 fully saturated rings. The SMILES string of the molecule is CCc1ccc(/C(=C/C#N)c2ccccc2)cc1CC. The predicted octanol–water partition coefficient (Wildman–Crippen LogP) is 4.77. The number of rotatable bonds is 4. The van der Waals surface area contributed by atoms with Gasteiger partial charge in [0.15, 0.2) is 0 Å². The summed E-state index contributed by atoms with van der Waals surface area (Å²) < 4.78 is 0. The molecule has 100 valence electrons. The smallest absolute Gasteiger partial charge is 0.0918 e. The van der Waals surface area contributed by atoms with Gasteiger partial charge in [0.25, 0.3) is 0 Å². The fourth-order valence-corrected chi connectivity index (χ4v) is 2.48. The molecule has 0 bridgehead atoms. The van der Waals surface area contributed by atoms with Gasteiger partial charge in [-0.25, -0.2) is 0 Å². The van der Waals surface area contributed by atoms with Crippen LogP contribution in [0, 0.1) is 11.3 Å². The van der Waals surface area contributed by atoms with Crippen molar-refractivity contribution in [2.24, 2.45) is 0 Å². The summed E-state index contributed by atoms with van der Waals surface area (Å²) in [6.07, 6.45) is 3.70. The molecule has 0 amide bonds. The Morgan fingerprint density at radius 3 is 2.25 bits per heavy atom. The molecule has 0 saturated heterocycles. The lowest BCUT2D eigenvalue weighted by atomic mass is 9.93. The van der Waals surface area contributed by atoms with Gasteiger partial charge in [0, 0.05) is 6.08 Å². The Hall–Kier alpha value is -2.33. The molecule has 2 rings (SSSR count). The molecule has 1 nitrogen and oxygen atoms in total. The van der Waals surface area contributed by atoms with Gasteiger partial charge in [0.1, 0.15) is 0 Å². The Balaban J connectivity index is 2.52. The van der Waals surface area contributed by atoms with Crippen LogP contribution in [0.25, 0.3) is 5.57 Å². The Morgan fingerprint density at radius 1 is 0.950 bits per heavy atom. The topological polar surface area (TPSA) is 23.8 Å². The third-order valence-corrected chi connectivity index (χ3v) is 3.57. The van der Waals surface area contributed by atoms with E-state index < -0.39 is 0 Å². The Kier molecular flexibility index (Phi) is 4.74. The number of benzene rings is 2. The molecule has 0 aliphatic heterocycles. The van der Waals surface area contributed by atoms with E-state index in [1.165, 1.54) is 11.1 Å². The average molecular weight is 261 g/mol. The van der Waals surface area contributed by atoms with Crippen molar-refractivity contribution in [3.8, 4) is 6.07 Å². The highest BCUT2D eigenvalue weighted by Gasteiger charge is 2.07. The Morgan fingerprint density at radius 2 is 1.65 bits per heavy atom. The number of nitrogens with zero attached hydrogens (tertiary/aromatic N) is 1. The van der Waals surface area contributed by atoms with E-state index in [2.05, 4.69) is 38.1 Å². The highest BCUT2D eigenvalue weighted by Crippen LogP contribution is 2.25. The lowest BCUT2D eigenvalue weighted by Crippen LogP contribution is -1.95. The van der Waals surface area contributed by atoms with E-state index in [9.17, 15) is 0 Å². The summed E-state index contributed by atoms with van der Waals surface area (Å²) in [6.45, 7) is 4.35. The van der Waals surface area contributed by atoms with Gasteiger partial charge in [-0.2, -0.15) is 5.26 Å². The largest absolute Gasteiger partial charge is 0.193 e. The molecule has 2 aromatic carbocycles. The monoisotopic (exact) mass is 261 g/mol. The van der Waals surface area contributed by atoms with Crippen LogP contribution in [-0.2, 0) is 12.8 Å². The highest BCUT2D eigenvalue weighted by molar-refractivity contribution is 5.81. The summed E-state index contributed by atoms with van der Waals surface area (Å²) in [5.74, 6) is 0. The van der Waals surface area contributed by atoms with Crippen LogP contribution in [0.2, 0.25) is 0 Å². The molecule has 2 aromatic rings. The second kappa shape index (κ2) is 6.73. The molecule has 0 atom stereocenters. The molecule has 20 heavy (non-hydrogen) atoms. The van der Waals surface area contributed by atoms with Crippen molar-refractivity contribution in [1.29, 1.82) is 5.26 Å². The first-order valence-corrected chi connectivity index (χ1v) is 7.07. The number of hydrogen-bond acceptors (Lipinski definition) is 1. The van der Waals surface area contributed by atoms with Gasteiger partial charge >= 0.3 is 0 Å². The Labute approximate surface area is 121 Å². The molecule has 0 saturated carbocycles. The third kappa shape index (κ3) is 2.97. The fourth-order valence-electron chi connectivity index (χ4n) is 2.48. The van der Waals surface area contributed by atoms with Gasteiger partial charge in [-0.05, 0) is 40.7 Å². The third-order valence-electron chi connectivity index (χ3n) is 3.57. The zero-order valence-electron chi connectivity index (χ0n) is 12.1. The first kappa shape index (κ1) is 14.1. The molecule has 1 heteroatoms. The second-order valence-electron chi connectivity index (χ2n) is 4.74. The van der Waals surface area contributed by atoms with Crippen LogP contribution >= 0.6 is 0 Å². The van der Waals surface area contributed by atoms with Crippen LogP contribution in [0.4, 0.5) is 0 Å². The van der Waals surface area contributed by atoms with E-state index in [-0.39, 0.29) is 0 Å². The molecule has 0 aromatic heterocycles. The van der Waals surface area contributed by atoms with Crippen LogP contribution in [0.5, 0.6) is 0 Å². The zero-order chi connectivity index (χ0) is 14.4. The van der Waals surface area contributed by atoms with Crippen molar-refractivity contribution < 1.29 is 0 Å². The van der Waals surface area contributed by atoms with Crippen molar-refractivity contribution in [2.45, 2.75) is 26.7 Å². The summed E-state index contributed by atoms with van der Waals surface area (Å²) in [5, 5.41) is 9.06. The molecule has 0 aliphatic carbocycles. The molecular formula is C19H19N. The first-order chi connectivity index (χ1) is 9.80. The summed E-state index contributed by atoms with van der Waals surface area (Å²) in [6, 6.07) is 18.8. The van der Waals surface area contributed by atoms with Gasteiger partial charge < -0.3 is 0 Å². The fraction of sp³-hybridized carbons (Fsp3) is 0.211. The summed E-state index contributed by atoms with van der Waals surface area (Å²) in [7, 11) is 0. The number of aryl methyl sites for hydroxylation is 2. The van der Waals surface area contributed by atoms with Gasteiger partial charge in [0.2, 0.25) is 0 Å². The number of hydrogen-bond donors (Lipinski definition) is 0. The van der Waals surface area contributed by atoms with E-state index in [0.29, 0.717) is 0 Å². The zero-order valence-corrected chi connectivity index (χ0v) is 12.1. The van der Waals surface area contributed by atoms with Crippen molar-refractivity contribution in [2.75, 3.05) is 0 Å². The molecular weight excluding hydrogens is 242 g/mol. The van der Waals surface area contributed by atoms with Crippen LogP contribution in [0.1, 0.15) is 36.1 Å². The molecule has 0 heterocycles. The van der Waals surface area contributed by atoms with E-state index in [4.69, 9.17) is 5.26 Å². The summed E-state index contributed by atoms with van der Waals surface area (Å²) in [4.78, 5) is 0. The van der Waals surface area contributed by atoms with Crippen LogP contribution in [-0.4, -0.2) is 0 Å². The van der Waals surface area contributed by atoms with Gasteiger partial charge in [-0.3, -0.25) is 0 Å². The lowest BCUT2D eigenvalue weighted by molar-refractivity contribution is 1.04. The van der Waals surface area contributed by atoms with Gasteiger partial charge in [-0.1, -0.05) is 62.4 Å². The van der Waals surface area contributed by atoms with E-state index >= 15 is 0 Å². The minimum atomic E-state index is 0.991. The summed E-state index contributed by atoms with van der Waals surface area (Å²) in [5.41, 5.74) is 5.95. The molecule has 0 spiro atoms. The molecule has 0 aliphatic rings. The van der Waals surface area contributed by atoms with E-state index in [1.807, 2.05) is 30.3 Å². The van der Waals surface area contributed by atoms with Crippen LogP contribution in [0.3, 0.4) is 0 Å². The number of nitriles is 1. The van der Waals surface area contributed by atoms with Gasteiger partial charge in [-0.15, -0.1) is 0 Å². The van der Waals surface area contributed by atoms with E-state index in [1.54, 1.807) is 6.08 Å². The predicted molar refractivity (Wildman–Crippen MR) is 84.3 cm³/mol. The Bertz CT molecular complexity index is 645. The minimum Gasteiger partial charge on any atom is -0.193 e. The van der Waals surface area contributed by atoms with Crippen LogP contribution in [0.15, 0.2) is 54.6 Å². The van der Waals surface area contributed by atoms with Crippen molar-refractivity contribution in [1.82, 2.24) is 0 Å². The second-order valence-corrected chi connectivity index (χ2v) is 4.74. The number of allylic oxidation sites excluding steroid dienone is 1. The normalized spacial score (nSPS) is 11.2. The van der Waals surface area contributed by atoms with E-state index in [0.717, 1.165) is 29.5 Å². The highest BCUT2D eigenvalue weighted by atomic mass is 14.2. The lowest BCUT2D eigenvalue weighted by Gasteiger charge is -2.12. The quantitative estimate of drug-likeness (QED) is 0.727. The molecule has 0 N–H and O–H groups in total. The molecule has 0 radical (unpaired) electrons. The maximum Gasteiger partial charge on any atom is 0.0918 e. The van der Waals surface area contributed by atoms with Crippen LogP contribution < -0.4 is 0 Å². The maximum atomic E-state index is 9.06. The average Bonchev–Trinajstić information content (AvgIpc) is 2.52. The molecule has 0 unspecified atom stereocenters. The van der Waals surface area contributed by atoms with Crippen molar-refractivity contribution in [3.05, 3.63) is 76.9 Å². The standard InChI is InChI=1S/C19H19N/c1-3-15-10-11-18(14-16(15)4-2)19(12-13-20)17-8-6-5-7-9-17/h5-12,14H,3-4H2,1-2H3/b19-12+. The summed E-state index contributed by atoms with van der Waals surface area (Å²) >= 11 is 0. The first-order valence-electron chi connectivity index (χ1n) is 7.07. The minimum absolute atomic E-state index is 0.991.